The van der Waals surface area contributed by atoms with E-state index in [2.05, 4.69) is 86.2 Å². The van der Waals surface area contributed by atoms with Crippen molar-refractivity contribution < 1.29 is 0 Å². The van der Waals surface area contributed by atoms with E-state index in [-0.39, 0.29) is 11.6 Å². The molecule has 11 nitrogen and oxygen atoms in total. The Bertz CT molecular complexity index is 2070. The minimum absolute atomic E-state index is 0.155. The van der Waals surface area contributed by atoms with E-state index >= 15 is 0 Å². The predicted molar refractivity (Wildman–Crippen MR) is 188 cm³/mol. The molecule has 12 heteroatoms. The van der Waals surface area contributed by atoms with E-state index < -0.39 is 0 Å². The van der Waals surface area contributed by atoms with Gasteiger partial charge in [-0.2, -0.15) is 20.3 Å². The molecule has 48 heavy (non-hydrogen) atoms. The lowest BCUT2D eigenvalue weighted by molar-refractivity contribution is 0.0866. The van der Waals surface area contributed by atoms with Gasteiger partial charge in [-0.25, -0.2) is 4.68 Å². The molecular formula is C36H36ClN11. The lowest BCUT2D eigenvalue weighted by atomic mass is 9.98. The second kappa shape index (κ2) is 13.1. The maximum atomic E-state index is 10.1. The van der Waals surface area contributed by atoms with Crippen LogP contribution in [0.2, 0.25) is 5.02 Å². The topological polar surface area (TPSA) is 125 Å². The Balaban J connectivity index is 1.22. The number of nitriles is 1. The van der Waals surface area contributed by atoms with Crippen LogP contribution in [0.4, 0.5) is 17.1 Å². The first-order valence-electron chi connectivity index (χ1n) is 16.0. The Hall–Kier alpha value is -5.31. The highest BCUT2D eigenvalue weighted by Crippen LogP contribution is 2.37. The number of rotatable bonds is 8. The van der Waals surface area contributed by atoms with Crippen molar-refractivity contribution >= 4 is 39.6 Å². The van der Waals surface area contributed by atoms with Gasteiger partial charge in [0.2, 0.25) is 0 Å². The second-order valence-corrected chi connectivity index (χ2v) is 13.4. The van der Waals surface area contributed by atoms with Crippen molar-refractivity contribution in [2.24, 2.45) is 0 Å². The first-order chi connectivity index (χ1) is 23.3. The number of aromatic nitrogens is 7. The van der Waals surface area contributed by atoms with Gasteiger partial charge in [-0.05, 0) is 69.5 Å². The van der Waals surface area contributed by atoms with Crippen molar-refractivity contribution in [3.05, 3.63) is 113 Å². The van der Waals surface area contributed by atoms with Gasteiger partial charge < -0.3 is 10.6 Å². The number of anilines is 3. The van der Waals surface area contributed by atoms with Gasteiger partial charge in [-0.1, -0.05) is 53.2 Å². The van der Waals surface area contributed by atoms with Crippen molar-refractivity contribution in [2.45, 2.75) is 51.2 Å². The molecule has 3 aromatic carbocycles. The lowest BCUT2D eigenvalue weighted by Crippen LogP contribution is -2.46. The van der Waals surface area contributed by atoms with Gasteiger partial charge in [0, 0.05) is 41.6 Å². The number of likely N-dealkylation sites (tertiary alicyclic amines) is 1. The predicted octanol–water partition coefficient (Wildman–Crippen LogP) is 7.31. The molecule has 1 aliphatic heterocycles. The fourth-order valence-electron chi connectivity index (χ4n) is 6.31. The number of pyridine rings is 1. The lowest BCUT2D eigenvalue weighted by Gasteiger charge is -2.40. The monoisotopic (exact) mass is 657 g/mol. The van der Waals surface area contributed by atoms with E-state index in [9.17, 15) is 5.26 Å². The minimum Gasteiger partial charge on any atom is -0.373 e. The number of nitrogens with zero attached hydrogens (tertiary/aromatic N) is 9. The zero-order chi connectivity index (χ0) is 33.3. The molecule has 0 unspecified atom stereocenters. The Labute approximate surface area is 284 Å². The molecule has 1 aliphatic rings. The van der Waals surface area contributed by atoms with Gasteiger partial charge in [0.15, 0.2) is 0 Å². The van der Waals surface area contributed by atoms with Crippen LogP contribution in [0, 0.1) is 11.3 Å². The van der Waals surface area contributed by atoms with Gasteiger partial charge in [-0.3, -0.25) is 9.88 Å². The zero-order valence-corrected chi connectivity index (χ0v) is 27.8. The second-order valence-electron chi connectivity index (χ2n) is 13.0. The zero-order valence-electron chi connectivity index (χ0n) is 27.0. The van der Waals surface area contributed by atoms with Gasteiger partial charge in [0.05, 0.1) is 58.2 Å². The van der Waals surface area contributed by atoms with E-state index in [0.717, 1.165) is 54.3 Å². The molecule has 0 radical (unpaired) electrons. The molecule has 1 atom stereocenters. The van der Waals surface area contributed by atoms with Crippen molar-refractivity contribution in [2.75, 3.05) is 23.7 Å². The quantitative estimate of drug-likeness (QED) is 0.173. The highest BCUT2D eigenvalue weighted by Gasteiger charge is 2.29. The number of nitrogens with one attached hydrogen (secondary N) is 2. The summed E-state index contributed by atoms with van der Waals surface area (Å²) in [6, 6.07) is 23.9. The van der Waals surface area contributed by atoms with Gasteiger partial charge in [0.1, 0.15) is 11.8 Å². The van der Waals surface area contributed by atoms with Crippen LogP contribution < -0.4 is 10.6 Å². The van der Waals surface area contributed by atoms with Crippen LogP contribution >= 0.6 is 11.6 Å². The Morgan fingerprint density at radius 3 is 2.46 bits per heavy atom. The summed E-state index contributed by atoms with van der Waals surface area (Å²) in [5, 5.41) is 36.1. The number of halogens is 1. The van der Waals surface area contributed by atoms with Crippen molar-refractivity contribution in [1.82, 2.24) is 39.9 Å². The highest BCUT2D eigenvalue weighted by atomic mass is 35.5. The van der Waals surface area contributed by atoms with Crippen LogP contribution in [0.15, 0.2) is 91.5 Å². The van der Waals surface area contributed by atoms with E-state index in [0.29, 0.717) is 33.2 Å². The standard InChI is InChI=1S/C36H36ClN11/c1-36(2,3)46-16-12-28(13-17-46)47-23-32(44-45-47)34(24-8-5-4-6-9-24)43-27-19-30-33(25(21-38)22-39-35(30)31(37)20-27)42-26-10-7-11-29(18-26)48-40-14-15-41-48/h4-11,14-15,18-20,22-23,28,34,43H,12-13,16-17H2,1-3H3,(H,39,42)/t34-/m0/s1. The molecule has 0 spiro atoms. The van der Waals surface area contributed by atoms with Crippen molar-refractivity contribution in [3.63, 3.8) is 0 Å². The molecule has 0 aliphatic carbocycles. The molecule has 3 aromatic heterocycles. The van der Waals surface area contributed by atoms with Gasteiger partial charge >= 0.3 is 0 Å². The largest absolute Gasteiger partial charge is 0.373 e. The van der Waals surface area contributed by atoms with E-state index in [1.807, 2.05) is 59.3 Å². The van der Waals surface area contributed by atoms with Crippen LogP contribution in [-0.2, 0) is 0 Å². The van der Waals surface area contributed by atoms with Crippen LogP contribution in [0.25, 0.3) is 16.6 Å². The SMILES string of the molecule is CC(C)(C)N1CCC(n2cc([C@@H](Nc3cc(Cl)c4ncc(C#N)c(Nc5cccc(-n6nccn6)c5)c4c3)c3ccccc3)nn2)CC1. The third kappa shape index (κ3) is 6.45. The number of fused-ring (bicyclic) bond motifs is 1. The summed E-state index contributed by atoms with van der Waals surface area (Å²) in [6.07, 6.45) is 8.90. The summed E-state index contributed by atoms with van der Waals surface area (Å²) >= 11 is 6.88. The average Bonchev–Trinajstić information content (AvgIpc) is 3.82. The molecule has 0 saturated carbocycles. The Morgan fingerprint density at radius 1 is 0.958 bits per heavy atom. The first-order valence-corrected chi connectivity index (χ1v) is 16.4. The summed E-state index contributed by atoms with van der Waals surface area (Å²) in [5.74, 6) is 0. The number of piperidine rings is 1. The van der Waals surface area contributed by atoms with Crippen molar-refractivity contribution in [3.8, 4) is 11.8 Å². The minimum atomic E-state index is -0.301. The molecule has 1 fully saturated rings. The maximum absolute atomic E-state index is 10.1. The summed E-state index contributed by atoms with van der Waals surface area (Å²) in [6.45, 7) is 8.86. The molecule has 4 heterocycles. The van der Waals surface area contributed by atoms with Gasteiger partial charge in [-0.15, -0.1) is 5.10 Å². The molecule has 1 saturated heterocycles. The third-order valence-corrected chi connectivity index (χ3v) is 9.15. The molecular weight excluding hydrogens is 622 g/mol. The van der Waals surface area contributed by atoms with Crippen molar-refractivity contribution in [1.29, 1.82) is 5.26 Å². The number of hydrogen-bond acceptors (Lipinski definition) is 9. The first kappa shape index (κ1) is 31.3. The van der Waals surface area contributed by atoms with Crippen LogP contribution in [0.3, 0.4) is 0 Å². The van der Waals surface area contributed by atoms with E-state index in [4.69, 9.17) is 11.6 Å². The molecule has 242 valence electrons. The van der Waals surface area contributed by atoms with E-state index in [1.165, 1.54) is 4.80 Å². The fourth-order valence-corrected chi connectivity index (χ4v) is 6.57. The normalized spacial score (nSPS) is 14.9. The number of benzene rings is 3. The van der Waals surface area contributed by atoms with Gasteiger partial charge in [0.25, 0.3) is 0 Å². The van der Waals surface area contributed by atoms with E-state index in [1.54, 1.807) is 18.6 Å². The molecule has 6 aromatic rings. The fraction of sp³-hybridized carbons (Fsp3) is 0.278. The van der Waals surface area contributed by atoms with Crippen LogP contribution in [0.5, 0.6) is 0 Å². The average molecular weight is 658 g/mol. The highest BCUT2D eigenvalue weighted by molar-refractivity contribution is 6.36. The Morgan fingerprint density at radius 2 is 1.73 bits per heavy atom. The summed E-state index contributed by atoms with van der Waals surface area (Å²) < 4.78 is 2.03. The number of hydrogen-bond donors (Lipinski definition) is 2. The third-order valence-electron chi connectivity index (χ3n) is 8.87. The Kier molecular flexibility index (Phi) is 8.52. The molecule has 2 N–H and O–H groups in total. The summed E-state index contributed by atoms with van der Waals surface area (Å²) in [4.78, 5) is 8.61. The van der Waals surface area contributed by atoms with Crippen LogP contribution in [0.1, 0.15) is 62.5 Å². The molecule has 7 rings (SSSR count). The summed E-state index contributed by atoms with van der Waals surface area (Å²) in [7, 11) is 0. The maximum Gasteiger partial charge on any atom is 0.109 e. The molecule has 0 amide bonds. The van der Waals surface area contributed by atoms with Crippen LogP contribution in [-0.4, -0.2) is 58.5 Å². The smallest absolute Gasteiger partial charge is 0.109 e. The summed E-state index contributed by atoms with van der Waals surface area (Å²) in [5.41, 5.74) is 5.86. The molecule has 0 bridgehead atoms.